The molecule has 0 aromatic carbocycles. The van der Waals surface area contributed by atoms with E-state index in [1.807, 2.05) is 0 Å². The van der Waals surface area contributed by atoms with E-state index in [0.717, 1.165) is 0 Å². The zero-order chi connectivity index (χ0) is 24.1. The fourth-order valence-corrected chi connectivity index (χ4v) is 3.09. The third-order valence-corrected chi connectivity index (χ3v) is 4.60. The van der Waals surface area contributed by atoms with E-state index in [1.165, 1.54) is 4.72 Å². The molecular formula is C12H19NO16S2. The number of aliphatic carboxylic acids is 1. The Balaban J connectivity index is 3.21. The number of rotatable bonds is 12. The highest BCUT2D eigenvalue weighted by atomic mass is 32.3. The molecule has 0 aliphatic carbocycles. The van der Waals surface area contributed by atoms with E-state index in [9.17, 15) is 46.9 Å². The lowest BCUT2D eigenvalue weighted by Crippen LogP contribution is -2.57. The number of carbonyl (C=O) groups is 2. The molecule has 0 radical (unpaired) electrons. The van der Waals surface area contributed by atoms with Gasteiger partial charge >= 0.3 is 26.7 Å². The molecule has 0 unspecified atom stereocenters. The van der Waals surface area contributed by atoms with Crippen LogP contribution in [0, 0.1) is 0 Å². The van der Waals surface area contributed by atoms with Crippen LogP contribution in [0.15, 0.2) is 11.8 Å². The molecule has 0 aromatic heterocycles. The topological polar surface area (TPSA) is 284 Å². The van der Waals surface area contributed by atoms with Gasteiger partial charge in [0.05, 0.1) is 6.61 Å². The lowest BCUT2D eigenvalue weighted by molar-refractivity contribution is -0.255. The van der Waals surface area contributed by atoms with Crippen molar-refractivity contribution in [3.8, 4) is 0 Å². The molecule has 0 amide bonds. The fraction of sp³-hybridized carbons (Fsp3) is 0.667. The van der Waals surface area contributed by atoms with Crippen LogP contribution in [0.25, 0.3) is 0 Å². The maximum absolute atomic E-state index is 11.1. The highest BCUT2D eigenvalue weighted by molar-refractivity contribution is 7.83. The Morgan fingerprint density at radius 1 is 1.23 bits per heavy atom. The van der Waals surface area contributed by atoms with E-state index >= 15 is 0 Å². The molecule has 1 rings (SSSR count). The number of aliphatic hydroxyl groups is 4. The third kappa shape index (κ3) is 8.70. The summed E-state index contributed by atoms with van der Waals surface area (Å²) in [4.78, 5) is 22.1. The van der Waals surface area contributed by atoms with Crippen molar-refractivity contribution in [2.45, 2.75) is 42.9 Å². The van der Waals surface area contributed by atoms with Gasteiger partial charge < -0.3 is 39.8 Å². The summed E-state index contributed by atoms with van der Waals surface area (Å²) in [5, 5.41) is 48.8. The van der Waals surface area contributed by atoms with Gasteiger partial charge in [0.25, 0.3) is 0 Å². The van der Waals surface area contributed by atoms with Crippen LogP contribution in [0.4, 0.5) is 0 Å². The summed E-state index contributed by atoms with van der Waals surface area (Å²) in [6, 6.07) is -2.24. The molecule has 17 nitrogen and oxygen atoms in total. The summed E-state index contributed by atoms with van der Waals surface area (Å²) in [7, 11) is -10.2. The van der Waals surface area contributed by atoms with E-state index < -0.39 is 81.9 Å². The largest absolute Gasteiger partial charge is 0.475 e. The van der Waals surface area contributed by atoms with Crippen molar-refractivity contribution in [1.82, 2.24) is 4.72 Å². The molecule has 1 aliphatic heterocycles. The Kier molecular flexibility index (Phi) is 9.40. The molecule has 180 valence electrons. The lowest BCUT2D eigenvalue weighted by Gasteiger charge is -2.36. The Morgan fingerprint density at radius 3 is 2.26 bits per heavy atom. The quantitative estimate of drug-likeness (QED) is 0.0924. The summed E-state index contributed by atoms with van der Waals surface area (Å²) in [5.74, 6) is -2.67. The molecule has 1 aliphatic rings. The van der Waals surface area contributed by atoms with E-state index in [2.05, 4.69) is 4.18 Å². The van der Waals surface area contributed by atoms with Gasteiger partial charge in [-0.25, -0.2) is 8.98 Å². The molecule has 19 heteroatoms. The maximum Gasteiger partial charge on any atom is 0.397 e. The summed E-state index contributed by atoms with van der Waals surface area (Å²) in [6.45, 7) is -1.36. The Bertz CT molecular complexity index is 884. The number of carbonyl (C=O) groups excluding carboxylic acids is 1. The van der Waals surface area contributed by atoms with Gasteiger partial charge in [-0.15, -0.1) is 0 Å². The lowest BCUT2D eigenvalue weighted by atomic mass is 10.0. The second-order valence-electron chi connectivity index (χ2n) is 5.93. The number of hydrogen-bond acceptors (Lipinski definition) is 13. The number of ether oxygens (including phenoxy) is 2. The number of aliphatic hydroxyl groups excluding tert-OH is 4. The van der Waals surface area contributed by atoms with Crippen molar-refractivity contribution in [3.05, 3.63) is 11.8 Å². The van der Waals surface area contributed by atoms with Crippen LogP contribution in [0.5, 0.6) is 0 Å². The van der Waals surface area contributed by atoms with Gasteiger partial charge in [0.15, 0.2) is 0 Å². The van der Waals surface area contributed by atoms with Gasteiger partial charge in [-0.05, 0) is 6.08 Å². The molecular weight excluding hydrogens is 478 g/mol. The van der Waals surface area contributed by atoms with Crippen molar-refractivity contribution in [1.29, 1.82) is 0 Å². The van der Waals surface area contributed by atoms with E-state index in [4.69, 9.17) is 23.7 Å². The summed E-state index contributed by atoms with van der Waals surface area (Å²) < 4.78 is 75.4. The van der Waals surface area contributed by atoms with Gasteiger partial charge in [-0.1, -0.05) is 0 Å². The summed E-state index contributed by atoms with van der Waals surface area (Å²) in [5.41, 5.74) is 0. The average Bonchev–Trinajstić information content (AvgIpc) is 2.63. The molecule has 7 atom stereocenters. The third-order valence-electron chi connectivity index (χ3n) is 3.60. The molecule has 1 heterocycles. The first-order chi connectivity index (χ1) is 14.1. The first-order valence-electron chi connectivity index (χ1n) is 7.87. The second kappa shape index (κ2) is 10.7. The minimum atomic E-state index is -5.13. The molecule has 0 saturated heterocycles. The van der Waals surface area contributed by atoms with Crippen LogP contribution in [0.2, 0.25) is 0 Å². The highest BCUT2D eigenvalue weighted by Gasteiger charge is 2.43. The summed E-state index contributed by atoms with van der Waals surface area (Å²) >= 11 is 0. The zero-order valence-electron chi connectivity index (χ0n) is 15.0. The van der Waals surface area contributed by atoms with Gasteiger partial charge in [0, 0.05) is 0 Å². The van der Waals surface area contributed by atoms with Crippen molar-refractivity contribution in [2.24, 2.45) is 0 Å². The predicted molar refractivity (Wildman–Crippen MR) is 91.5 cm³/mol. The standard InChI is InChI=1S/C12H19NO16S2/c14-2-4(13-30(21,22)23)8(17)10(6(16)3-27-31(24,25)26)29-12-9(18)5(15)1-7(28-12)11(19)20/h1-2,4-6,8-10,12-13,15-18H,3H2,(H,19,20)(H,21,22,23)(H,24,25,26)/t4-,5-,6+,8-,9-,10+,12-/m0/s1. The van der Waals surface area contributed by atoms with Crippen LogP contribution in [0.1, 0.15) is 0 Å². The SMILES string of the molecule is O=C[C@H](NS(=O)(=O)O)[C@H](O)[C@H](O[C@@H]1OC(C(=O)O)=C[C@H](O)[C@@H]1O)[C@H](O)COS(=O)(=O)O. The van der Waals surface area contributed by atoms with Crippen LogP contribution in [-0.2, 0) is 43.9 Å². The van der Waals surface area contributed by atoms with Crippen LogP contribution >= 0.6 is 0 Å². The van der Waals surface area contributed by atoms with Crippen LogP contribution in [-0.4, -0.2) is 113 Å². The van der Waals surface area contributed by atoms with E-state index in [1.54, 1.807) is 0 Å². The minimum absolute atomic E-state index is 0.263. The van der Waals surface area contributed by atoms with Crippen molar-refractivity contribution < 1.29 is 74.7 Å². The first-order valence-corrected chi connectivity index (χ1v) is 10.7. The van der Waals surface area contributed by atoms with Gasteiger partial charge in [0.2, 0.25) is 12.0 Å². The minimum Gasteiger partial charge on any atom is -0.475 e. The van der Waals surface area contributed by atoms with Gasteiger partial charge in [-0.2, -0.15) is 21.6 Å². The normalized spacial score (nSPS) is 26.1. The molecule has 0 aromatic rings. The number of aldehydes is 1. The zero-order valence-corrected chi connectivity index (χ0v) is 16.7. The number of nitrogens with one attached hydrogen (secondary N) is 1. The molecule has 8 N–H and O–H groups in total. The van der Waals surface area contributed by atoms with Crippen molar-refractivity contribution >= 4 is 33.0 Å². The molecule has 31 heavy (non-hydrogen) atoms. The highest BCUT2D eigenvalue weighted by Crippen LogP contribution is 2.23. The second-order valence-corrected chi connectivity index (χ2v) is 8.21. The Hall–Kier alpha value is -1.78. The number of carboxylic acids is 1. The first kappa shape index (κ1) is 27.3. The van der Waals surface area contributed by atoms with Crippen LogP contribution < -0.4 is 4.72 Å². The molecule has 0 fully saturated rings. The Labute approximate surface area is 174 Å². The fourth-order valence-electron chi connectivity index (χ4n) is 2.24. The van der Waals surface area contributed by atoms with E-state index in [0.29, 0.717) is 6.08 Å². The monoisotopic (exact) mass is 497 g/mol. The Morgan fingerprint density at radius 2 is 1.81 bits per heavy atom. The van der Waals surface area contributed by atoms with Gasteiger partial charge in [0.1, 0.15) is 42.8 Å². The van der Waals surface area contributed by atoms with Crippen LogP contribution in [0.3, 0.4) is 0 Å². The smallest absolute Gasteiger partial charge is 0.397 e. The molecule has 0 saturated carbocycles. The average molecular weight is 497 g/mol. The molecule has 0 bridgehead atoms. The number of hydrogen-bond donors (Lipinski definition) is 8. The summed E-state index contributed by atoms with van der Waals surface area (Å²) in [6.07, 6.45) is -12.9. The molecule has 0 spiro atoms. The van der Waals surface area contributed by atoms with Crippen molar-refractivity contribution in [2.75, 3.05) is 6.61 Å². The predicted octanol–water partition coefficient (Wildman–Crippen LogP) is -5.08. The van der Waals surface area contributed by atoms with Crippen molar-refractivity contribution in [3.63, 3.8) is 0 Å². The maximum atomic E-state index is 11.1. The van der Waals surface area contributed by atoms with E-state index in [-0.39, 0.29) is 6.29 Å². The van der Waals surface area contributed by atoms with Gasteiger partial charge in [-0.3, -0.25) is 9.11 Å². The number of carboxylic acid groups (broad SMARTS) is 1.